The molecule has 1 heterocycles. The summed E-state index contributed by atoms with van der Waals surface area (Å²) in [5.41, 5.74) is 3.60. The molecule has 1 fully saturated rings. The van der Waals surface area contributed by atoms with Crippen LogP contribution in [0.4, 0.5) is 0 Å². The molecule has 0 bridgehead atoms. The number of benzene rings is 1. The molecule has 1 aliphatic carbocycles. The van der Waals surface area contributed by atoms with Gasteiger partial charge < -0.3 is 5.11 Å². The molecule has 3 rings (SSSR count). The Hall–Kier alpha value is -0.603. The van der Waals surface area contributed by atoms with E-state index in [0.717, 1.165) is 21.5 Å². The number of aliphatic hydroxyl groups is 1. The van der Waals surface area contributed by atoms with Crippen molar-refractivity contribution in [3.63, 3.8) is 0 Å². The third kappa shape index (κ3) is 1.16. The highest BCUT2D eigenvalue weighted by Gasteiger charge is 2.41. The molecular weight excluding hydrogens is 176 g/mol. The lowest BCUT2D eigenvalue weighted by atomic mass is 9.97. The molecule has 1 N–H and O–H groups in total. The van der Waals surface area contributed by atoms with Crippen LogP contribution in [0.5, 0.6) is 0 Å². The van der Waals surface area contributed by atoms with Gasteiger partial charge in [0, 0.05) is 15.4 Å². The normalized spacial score (nSPS) is 35.9. The molecule has 1 aromatic rings. The summed E-state index contributed by atoms with van der Waals surface area (Å²) in [7, 11) is 1.10. The Morgan fingerprint density at radius 1 is 1.31 bits per heavy atom. The summed E-state index contributed by atoms with van der Waals surface area (Å²) < 4.78 is 0. The predicted molar refractivity (Wildman–Crippen MR) is 53.2 cm³/mol. The Kier molecular flexibility index (Phi) is 1.61. The van der Waals surface area contributed by atoms with E-state index >= 15 is 0 Å². The molecule has 13 heavy (non-hydrogen) atoms. The highest BCUT2D eigenvalue weighted by Crippen LogP contribution is 2.49. The highest BCUT2D eigenvalue weighted by atomic mass is 28.2. The van der Waals surface area contributed by atoms with E-state index in [1.807, 2.05) is 0 Å². The van der Waals surface area contributed by atoms with Crippen LogP contribution in [0.3, 0.4) is 0 Å². The van der Waals surface area contributed by atoms with Crippen LogP contribution in [0, 0.1) is 0 Å². The molecule has 1 unspecified atom stereocenters. The van der Waals surface area contributed by atoms with Gasteiger partial charge in [-0.05, 0) is 23.1 Å². The average molecular weight is 188 g/mol. The van der Waals surface area contributed by atoms with E-state index in [0.29, 0.717) is 5.92 Å². The maximum Gasteiger partial charge on any atom is 0.0648 e. The van der Waals surface area contributed by atoms with Crippen LogP contribution in [-0.4, -0.2) is 20.7 Å². The fourth-order valence-corrected chi connectivity index (χ4v) is 3.46. The number of hydrogen-bond acceptors (Lipinski definition) is 1. The largest absolute Gasteiger partial charge is 0.392 e. The Labute approximate surface area is 80.6 Å². The summed E-state index contributed by atoms with van der Waals surface area (Å²) in [5.74, 6) is 0.467. The Morgan fingerprint density at radius 3 is 2.85 bits per heavy atom. The summed E-state index contributed by atoms with van der Waals surface area (Å²) in [6.45, 7) is 0. The van der Waals surface area contributed by atoms with E-state index in [1.165, 1.54) is 17.2 Å². The first-order chi connectivity index (χ1) is 6.36. The van der Waals surface area contributed by atoms with Gasteiger partial charge in [0.15, 0.2) is 0 Å². The van der Waals surface area contributed by atoms with Crippen LogP contribution < -0.4 is 0 Å². The Balaban J connectivity index is 2.03. The molecule has 0 saturated carbocycles. The lowest BCUT2D eigenvalue weighted by Crippen LogP contribution is -2.13. The molecule has 0 aromatic heterocycles. The van der Waals surface area contributed by atoms with E-state index in [1.54, 1.807) is 0 Å². The van der Waals surface area contributed by atoms with Gasteiger partial charge in [-0.2, -0.15) is 0 Å². The number of hydrogen-bond donors (Lipinski definition) is 1. The molecule has 2 heteroatoms. The maximum absolute atomic E-state index is 9.93. The summed E-state index contributed by atoms with van der Waals surface area (Å²) >= 11 is 0. The summed E-state index contributed by atoms with van der Waals surface area (Å²) in [6, 6.07) is 9.86. The minimum atomic E-state index is -0.0996. The Bertz CT molecular complexity index is 333. The maximum atomic E-state index is 9.93. The number of fused-ring (bicyclic) bond motifs is 1. The van der Waals surface area contributed by atoms with Gasteiger partial charge in [-0.25, -0.2) is 0 Å². The smallest absolute Gasteiger partial charge is 0.0648 e. The van der Waals surface area contributed by atoms with Crippen LogP contribution >= 0.6 is 0 Å². The van der Waals surface area contributed by atoms with E-state index in [2.05, 4.69) is 24.3 Å². The monoisotopic (exact) mass is 188 g/mol. The van der Waals surface area contributed by atoms with Crippen LogP contribution in [0.1, 0.15) is 17.0 Å². The summed E-state index contributed by atoms with van der Waals surface area (Å²) in [4.78, 5) is 0. The van der Waals surface area contributed by atoms with Crippen LogP contribution in [-0.2, 0) is 6.42 Å². The van der Waals surface area contributed by atoms with Crippen molar-refractivity contribution in [1.82, 2.24) is 0 Å². The topological polar surface area (TPSA) is 20.2 Å². The van der Waals surface area contributed by atoms with Gasteiger partial charge in [-0.15, -0.1) is 0 Å². The van der Waals surface area contributed by atoms with Gasteiger partial charge in [-0.3, -0.25) is 0 Å². The lowest BCUT2D eigenvalue weighted by Gasteiger charge is -2.14. The second-order valence-corrected chi connectivity index (χ2v) is 5.57. The van der Waals surface area contributed by atoms with Crippen molar-refractivity contribution in [2.24, 2.45) is 0 Å². The molecule has 3 atom stereocenters. The molecule has 2 aliphatic rings. The first-order valence-corrected chi connectivity index (χ1v) is 6.14. The van der Waals surface area contributed by atoms with Crippen molar-refractivity contribution < 1.29 is 5.11 Å². The minimum Gasteiger partial charge on any atom is -0.392 e. The third-order valence-electron chi connectivity index (χ3n) is 3.13. The summed E-state index contributed by atoms with van der Waals surface area (Å²) in [5, 5.41) is 9.93. The van der Waals surface area contributed by atoms with Crippen molar-refractivity contribution in [3.8, 4) is 0 Å². The van der Waals surface area contributed by atoms with E-state index < -0.39 is 0 Å². The highest BCUT2D eigenvalue weighted by molar-refractivity contribution is 6.51. The zero-order chi connectivity index (χ0) is 8.84. The van der Waals surface area contributed by atoms with Gasteiger partial charge in [-0.1, -0.05) is 30.3 Å². The molecule has 1 aliphatic heterocycles. The van der Waals surface area contributed by atoms with E-state index in [-0.39, 0.29) is 6.10 Å². The van der Waals surface area contributed by atoms with E-state index in [4.69, 9.17) is 0 Å². The zero-order valence-corrected chi connectivity index (χ0v) is 8.40. The van der Waals surface area contributed by atoms with Gasteiger partial charge >= 0.3 is 0 Å². The molecule has 1 aromatic carbocycles. The Morgan fingerprint density at radius 2 is 2.08 bits per heavy atom. The molecule has 0 spiro atoms. The van der Waals surface area contributed by atoms with Crippen LogP contribution in [0.15, 0.2) is 24.3 Å². The SMILES string of the molecule is O[C@@H]1Cc2ccccc2[C@@H]1C1C[Si]1. The van der Waals surface area contributed by atoms with Crippen molar-refractivity contribution in [1.29, 1.82) is 0 Å². The van der Waals surface area contributed by atoms with Gasteiger partial charge in [0.05, 0.1) is 6.10 Å². The standard InChI is InChI=1S/C11H12OSi/c12-9-5-7-3-1-2-4-8(7)11(9)10-6-13-10/h1-4,9-12H,5-6H2/t9-,10?,11+/m1/s1. The second-order valence-electron chi connectivity index (χ2n) is 4.01. The lowest BCUT2D eigenvalue weighted by molar-refractivity contribution is 0.158. The molecule has 2 radical (unpaired) electrons. The molecular formula is C11H12OSi. The predicted octanol–water partition coefficient (Wildman–Crippen LogP) is 1.61. The van der Waals surface area contributed by atoms with Crippen molar-refractivity contribution in [3.05, 3.63) is 35.4 Å². The fraction of sp³-hybridized carbons (Fsp3) is 0.455. The quantitative estimate of drug-likeness (QED) is 0.664. The first kappa shape index (κ1) is 7.77. The third-order valence-corrected chi connectivity index (χ3v) is 4.37. The average Bonchev–Trinajstić information content (AvgIpc) is 2.88. The molecule has 0 amide bonds. The number of aliphatic hydroxyl groups excluding tert-OH is 1. The fourth-order valence-electron chi connectivity index (χ4n) is 2.41. The first-order valence-electron chi connectivity index (χ1n) is 4.85. The van der Waals surface area contributed by atoms with Gasteiger partial charge in [0.1, 0.15) is 0 Å². The van der Waals surface area contributed by atoms with Crippen molar-refractivity contribution in [2.45, 2.75) is 30.0 Å². The van der Waals surface area contributed by atoms with Crippen LogP contribution in [0.2, 0.25) is 11.6 Å². The minimum absolute atomic E-state index is 0.0996. The van der Waals surface area contributed by atoms with E-state index in [9.17, 15) is 5.11 Å². The zero-order valence-electron chi connectivity index (χ0n) is 7.40. The van der Waals surface area contributed by atoms with Crippen LogP contribution in [0.25, 0.3) is 0 Å². The van der Waals surface area contributed by atoms with Gasteiger partial charge in [0.25, 0.3) is 0 Å². The van der Waals surface area contributed by atoms with Crippen molar-refractivity contribution in [2.75, 3.05) is 0 Å². The van der Waals surface area contributed by atoms with Crippen molar-refractivity contribution >= 4 is 9.52 Å². The second kappa shape index (κ2) is 2.69. The molecule has 66 valence electrons. The number of rotatable bonds is 1. The van der Waals surface area contributed by atoms with Gasteiger partial charge in [0.2, 0.25) is 0 Å². The molecule has 1 saturated heterocycles. The molecule has 1 nitrogen and oxygen atoms in total. The summed E-state index contributed by atoms with van der Waals surface area (Å²) in [6.07, 6.45) is 0.777.